The quantitative estimate of drug-likeness (QED) is 0.887. The predicted molar refractivity (Wildman–Crippen MR) is 82.6 cm³/mol. The third-order valence-corrected chi connectivity index (χ3v) is 4.47. The minimum absolute atomic E-state index is 0.180. The van der Waals surface area contributed by atoms with Crippen LogP contribution < -0.4 is 10.6 Å². The van der Waals surface area contributed by atoms with E-state index < -0.39 is 0 Å². The zero-order chi connectivity index (χ0) is 13.8. The first-order chi connectivity index (χ1) is 9.81. The van der Waals surface area contributed by atoms with Crippen LogP contribution in [0, 0.1) is 0 Å². The molecule has 2 heterocycles. The van der Waals surface area contributed by atoms with Gasteiger partial charge in [-0.1, -0.05) is 30.3 Å². The van der Waals surface area contributed by atoms with Gasteiger partial charge < -0.3 is 10.6 Å². The highest BCUT2D eigenvalue weighted by Gasteiger charge is 2.19. The summed E-state index contributed by atoms with van der Waals surface area (Å²) in [6.45, 7) is 1.72. The van der Waals surface area contributed by atoms with E-state index in [9.17, 15) is 4.79 Å². The van der Waals surface area contributed by atoms with Crippen molar-refractivity contribution in [2.24, 2.45) is 0 Å². The van der Waals surface area contributed by atoms with Crippen molar-refractivity contribution in [2.45, 2.75) is 25.4 Å². The van der Waals surface area contributed by atoms with Gasteiger partial charge in [-0.2, -0.15) is 0 Å². The second-order valence-electron chi connectivity index (χ2n) is 5.10. The van der Waals surface area contributed by atoms with E-state index in [1.807, 2.05) is 6.07 Å². The van der Waals surface area contributed by atoms with Gasteiger partial charge in [-0.25, -0.2) is 0 Å². The largest absolute Gasteiger partial charge is 0.352 e. The number of carbonyl (C=O) groups is 1. The van der Waals surface area contributed by atoms with Crippen molar-refractivity contribution in [2.75, 3.05) is 6.54 Å². The third kappa shape index (κ3) is 3.26. The summed E-state index contributed by atoms with van der Waals surface area (Å²) in [6.07, 6.45) is 1.62. The molecular weight excluding hydrogens is 268 g/mol. The maximum atomic E-state index is 11.1. The van der Waals surface area contributed by atoms with Crippen LogP contribution in [0.5, 0.6) is 0 Å². The molecule has 3 nitrogen and oxygen atoms in total. The zero-order valence-corrected chi connectivity index (χ0v) is 12.1. The van der Waals surface area contributed by atoms with Crippen LogP contribution in [0.2, 0.25) is 0 Å². The monoisotopic (exact) mass is 286 g/mol. The SMILES string of the molecule is O=C1CCC(CNCc2cc(-c3ccccc3)cs2)N1. The van der Waals surface area contributed by atoms with Gasteiger partial charge in [0.15, 0.2) is 0 Å². The lowest BCUT2D eigenvalue weighted by Gasteiger charge is -2.10. The van der Waals surface area contributed by atoms with Crippen molar-refractivity contribution in [3.05, 3.63) is 46.7 Å². The predicted octanol–water partition coefficient (Wildman–Crippen LogP) is 2.78. The molecule has 0 radical (unpaired) electrons. The smallest absolute Gasteiger partial charge is 0.220 e. The van der Waals surface area contributed by atoms with Gasteiger partial charge in [0.25, 0.3) is 0 Å². The number of hydrogen-bond donors (Lipinski definition) is 2. The summed E-state index contributed by atoms with van der Waals surface area (Å²) < 4.78 is 0. The fraction of sp³-hybridized carbons (Fsp3) is 0.312. The van der Waals surface area contributed by atoms with Gasteiger partial charge in [-0.05, 0) is 29.0 Å². The topological polar surface area (TPSA) is 41.1 Å². The fourth-order valence-electron chi connectivity index (χ4n) is 2.46. The van der Waals surface area contributed by atoms with E-state index >= 15 is 0 Å². The molecule has 0 spiro atoms. The lowest BCUT2D eigenvalue weighted by atomic mass is 10.1. The average molecular weight is 286 g/mol. The van der Waals surface area contributed by atoms with Crippen LogP contribution in [0.1, 0.15) is 17.7 Å². The number of thiophene rings is 1. The first kappa shape index (κ1) is 13.3. The molecule has 2 aromatic rings. The first-order valence-electron chi connectivity index (χ1n) is 6.94. The van der Waals surface area contributed by atoms with Crippen LogP contribution in [0.25, 0.3) is 11.1 Å². The molecule has 0 bridgehead atoms. The molecule has 1 fully saturated rings. The highest BCUT2D eigenvalue weighted by Crippen LogP contribution is 2.25. The van der Waals surface area contributed by atoms with Crippen LogP contribution in [0.3, 0.4) is 0 Å². The van der Waals surface area contributed by atoms with Crippen LogP contribution in [-0.2, 0) is 11.3 Å². The molecule has 1 aromatic heterocycles. The Morgan fingerprint density at radius 3 is 2.85 bits per heavy atom. The van der Waals surface area contributed by atoms with E-state index in [0.29, 0.717) is 12.5 Å². The highest BCUT2D eigenvalue weighted by atomic mass is 32.1. The number of benzene rings is 1. The summed E-state index contributed by atoms with van der Waals surface area (Å²) in [6, 6.07) is 13.0. The Balaban J connectivity index is 1.52. The molecule has 0 saturated carbocycles. The number of carbonyl (C=O) groups excluding carboxylic acids is 1. The minimum Gasteiger partial charge on any atom is -0.352 e. The van der Waals surface area contributed by atoms with Crippen LogP contribution in [0.15, 0.2) is 41.8 Å². The van der Waals surface area contributed by atoms with Gasteiger partial charge in [0, 0.05) is 30.4 Å². The van der Waals surface area contributed by atoms with Gasteiger partial charge >= 0.3 is 0 Å². The highest BCUT2D eigenvalue weighted by molar-refractivity contribution is 7.10. The Morgan fingerprint density at radius 2 is 2.10 bits per heavy atom. The van der Waals surface area contributed by atoms with Gasteiger partial charge in [-0.3, -0.25) is 4.79 Å². The fourth-order valence-corrected chi connectivity index (χ4v) is 3.32. The lowest BCUT2D eigenvalue weighted by Crippen LogP contribution is -2.35. The average Bonchev–Trinajstić information content (AvgIpc) is 3.09. The lowest BCUT2D eigenvalue weighted by molar-refractivity contribution is -0.119. The van der Waals surface area contributed by atoms with Crippen LogP contribution in [-0.4, -0.2) is 18.5 Å². The second kappa shape index (κ2) is 6.20. The Labute approximate surface area is 123 Å². The summed E-state index contributed by atoms with van der Waals surface area (Å²) in [7, 11) is 0. The Bertz CT molecular complexity index is 579. The molecule has 1 unspecified atom stereocenters. The standard InChI is InChI=1S/C16H18N2OS/c19-16-7-6-14(18-16)9-17-10-15-8-13(11-20-15)12-4-2-1-3-5-12/h1-5,8,11,14,17H,6-7,9-10H2,(H,18,19). The van der Waals surface area contributed by atoms with E-state index in [4.69, 9.17) is 0 Å². The van der Waals surface area contributed by atoms with Crippen LogP contribution >= 0.6 is 11.3 Å². The molecule has 2 N–H and O–H groups in total. The summed E-state index contributed by atoms with van der Waals surface area (Å²) >= 11 is 1.78. The molecule has 1 amide bonds. The molecule has 0 aliphatic carbocycles. The molecule has 1 aliphatic heterocycles. The number of rotatable bonds is 5. The van der Waals surface area contributed by atoms with Gasteiger partial charge in [0.05, 0.1) is 0 Å². The van der Waals surface area contributed by atoms with Gasteiger partial charge in [0.1, 0.15) is 0 Å². The molecule has 1 aliphatic rings. The number of hydrogen-bond acceptors (Lipinski definition) is 3. The summed E-state index contributed by atoms with van der Waals surface area (Å²) in [4.78, 5) is 12.4. The maximum Gasteiger partial charge on any atom is 0.220 e. The molecular formula is C16H18N2OS. The van der Waals surface area contributed by atoms with E-state index in [2.05, 4.69) is 46.3 Å². The summed E-state index contributed by atoms with van der Waals surface area (Å²) in [5.74, 6) is 0.180. The Kier molecular flexibility index (Phi) is 4.14. The molecule has 1 saturated heterocycles. The zero-order valence-electron chi connectivity index (χ0n) is 11.3. The molecule has 3 rings (SSSR count). The summed E-state index contributed by atoms with van der Waals surface area (Å²) in [5, 5.41) is 8.60. The first-order valence-corrected chi connectivity index (χ1v) is 7.82. The van der Waals surface area contributed by atoms with Crippen molar-refractivity contribution >= 4 is 17.2 Å². The van der Waals surface area contributed by atoms with Crippen molar-refractivity contribution in [1.29, 1.82) is 0 Å². The van der Waals surface area contributed by atoms with Crippen LogP contribution in [0.4, 0.5) is 0 Å². The van der Waals surface area contributed by atoms with E-state index in [1.54, 1.807) is 11.3 Å². The molecule has 20 heavy (non-hydrogen) atoms. The van der Waals surface area contributed by atoms with Gasteiger partial charge in [0.2, 0.25) is 5.91 Å². The number of nitrogens with one attached hydrogen (secondary N) is 2. The molecule has 4 heteroatoms. The normalized spacial score (nSPS) is 18.2. The molecule has 1 aromatic carbocycles. The van der Waals surface area contributed by atoms with E-state index in [-0.39, 0.29) is 5.91 Å². The van der Waals surface area contributed by atoms with E-state index in [1.165, 1.54) is 16.0 Å². The van der Waals surface area contributed by atoms with Crippen molar-refractivity contribution in [1.82, 2.24) is 10.6 Å². The Hall–Kier alpha value is -1.65. The summed E-state index contributed by atoms with van der Waals surface area (Å²) in [5.41, 5.74) is 2.54. The van der Waals surface area contributed by atoms with Crippen molar-refractivity contribution in [3.8, 4) is 11.1 Å². The maximum absolute atomic E-state index is 11.1. The van der Waals surface area contributed by atoms with Gasteiger partial charge in [-0.15, -0.1) is 11.3 Å². The van der Waals surface area contributed by atoms with E-state index in [0.717, 1.165) is 19.5 Å². The van der Waals surface area contributed by atoms with Crippen molar-refractivity contribution < 1.29 is 4.79 Å². The molecule has 104 valence electrons. The Morgan fingerprint density at radius 1 is 1.25 bits per heavy atom. The minimum atomic E-state index is 0.180. The third-order valence-electron chi connectivity index (χ3n) is 3.54. The second-order valence-corrected chi connectivity index (χ2v) is 6.10. The number of amides is 1. The van der Waals surface area contributed by atoms with Crippen molar-refractivity contribution in [3.63, 3.8) is 0 Å². The molecule has 1 atom stereocenters.